The van der Waals surface area contributed by atoms with Crippen LogP contribution in [0.3, 0.4) is 0 Å². The molecule has 190 valence electrons. The van der Waals surface area contributed by atoms with Gasteiger partial charge < -0.3 is 9.47 Å². The van der Waals surface area contributed by atoms with E-state index in [-0.39, 0.29) is 41.7 Å². The molecule has 0 unspecified atom stereocenters. The summed E-state index contributed by atoms with van der Waals surface area (Å²) in [7, 11) is 0. The molecule has 2 aliphatic carbocycles. The summed E-state index contributed by atoms with van der Waals surface area (Å²) in [6.45, 7) is 4.37. The van der Waals surface area contributed by atoms with E-state index in [0.29, 0.717) is 18.1 Å². The van der Waals surface area contributed by atoms with Crippen LogP contribution in [0.15, 0.2) is 42.5 Å². The van der Waals surface area contributed by atoms with Crippen molar-refractivity contribution in [3.63, 3.8) is 0 Å². The fourth-order valence-corrected chi connectivity index (χ4v) is 5.74. The summed E-state index contributed by atoms with van der Waals surface area (Å²) >= 11 is 0. The topological polar surface area (TPSA) is 18.5 Å². The first-order valence-electron chi connectivity index (χ1n) is 13.1. The van der Waals surface area contributed by atoms with Gasteiger partial charge in [0.05, 0.1) is 19.3 Å². The number of halogens is 3. The minimum Gasteiger partial charge on any atom is -0.491 e. The SMILES string of the molecule is C/C=C/C1CCC(c2ccc(COC3CCC(c4ccc(OCC)c(F)c4)CC3)c(F)c2F)CC1. The lowest BCUT2D eigenvalue weighted by Crippen LogP contribution is -2.21. The van der Waals surface area contributed by atoms with Crippen molar-refractivity contribution in [1.82, 2.24) is 0 Å². The van der Waals surface area contributed by atoms with E-state index in [1.165, 1.54) is 0 Å². The predicted octanol–water partition coefficient (Wildman–Crippen LogP) is 8.60. The van der Waals surface area contributed by atoms with Crippen molar-refractivity contribution in [2.24, 2.45) is 5.92 Å². The van der Waals surface area contributed by atoms with Crippen LogP contribution in [0.5, 0.6) is 5.75 Å². The van der Waals surface area contributed by atoms with Crippen molar-refractivity contribution in [2.45, 2.75) is 89.8 Å². The largest absolute Gasteiger partial charge is 0.491 e. The van der Waals surface area contributed by atoms with Crippen LogP contribution in [0.25, 0.3) is 0 Å². The second-order valence-corrected chi connectivity index (χ2v) is 9.99. The van der Waals surface area contributed by atoms with E-state index in [2.05, 4.69) is 12.2 Å². The van der Waals surface area contributed by atoms with Crippen molar-refractivity contribution < 1.29 is 22.6 Å². The Bertz CT molecular complexity index is 1000. The van der Waals surface area contributed by atoms with Gasteiger partial charge in [-0.05, 0) is 106 Å². The second-order valence-electron chi connectivity index (χ2n) is 9.99. The maximum absolute atomic E-state index is 14.9. The fourth-order valence-electron chi connectivity index (χ4n) is 5.74. The molecule has 35 heavy (non-hydrogen) atoms. The third-order valence-electron chi connectivity index (χ3n) is 7.74. The van der Waals surface area contributed by atoms with E-state index in [0.717, 1.165) is 56.9 Å². The van der Waals surface area contributed by atoms with Crippen LogP contribution in [0.2, 0.25) is 0 Å². The van der Waals surface area contributed by atoms with Gasteiger partial charge >= 0.3 is 0 Å². The van der Waals surface area contributed by atoms with Gasteiger partial charge in [-0.2, -0.15) is 0 Å². The molecule has 2 nitrogen and oxygen atoms in total. The zero-order valence-corrected chi connectivity index (χ0v) is 20.9. The van der Waals surface area contributed by atoms with Crippen LogP contribution in [-0.4, -0.2) is 12.7 Å². The van der Waals surface area contributed by atoms with Crippen LogP contribution < -0.4 is 4.74 Å². The van der Waals surface area contributed by atoms with Crippen molar-refractivity contribution in [1.29, 1.82) is 0 Å². The Hall–Kier alpha value is -2.27. The highest BCUT2D eigenvalue weighted by molar-refractivity contribution is 5.32. The summed E-state index contributed by atoms with van der Waals surface area (Å²) < 4.78 is 55.3. The summed E-state index contributed by atoms with van der Waals surface area (Å²) in [6.07, 6.45) is 11.5. The van der Waals surface area contributed by atoms with Gasteiger partial charge in [-0.1, -0.05) is 30.4 Å². The molecule has 0 aromatic heterocycles. The molecule has 2 aromatic rings. The Kier molecular flexibility index (Phi) is 8.94. The number of hydrogen-bond acceptors (Lipinski definition) is 2. The van der Waals surface area contributed by atoms with E-state index in [4.69, 9.17) is 9.47 Å². The van der Waals surface area contributed by atoms with Gasteiger partial charge in [0, 0.05) is 5.56 Å². The van der Waals surface area contributed by atoms with Crippen LogP contribution in [-0.2, 0) is 11.3 Å². The Morgan fingerprint density at radius 3 is 2.23 bits per heavy atom. The number of allylic oxidation sites excluding steroid dienone is 2. The molecule has 0 saturated heterocycles. The van der Waals surface area contributed by atoms with Crippen LogP contribution in [0, 0.1) is 23.4 Å². The average molecular weight is 487 g/mol. The van der Waals surface area contributed by atoms with Crippen LogP contribution in [0.4, 0.5) is 13.2 Å². The second kappa shape index (κ2) is 12.1. The highest BCUT2D eigenvalue weighted by atomic mass is 19.2. The molecule has 0 heterocycles. The summed E-state index contributed by atoms with van der Waals surface area (Å²) in [5.41, 5.74) is 1.77. The summed E-state index contributed by atoms with van der Waals surface area (Å²) in [4.78, 5) is 0. The molecule has 0 atom stereocenters. The van der Waals surface area contributed by atoms with Crippen molar-refractivity contribution >= 4 is 0 Å². The third kappa shape index (κ3) is 6.30. The van der Waals surface area contributed by atoms with E-state index in [1.807, 2.05) is 19.9 Å². The third-order valence-corrected chi connectivity index (χ3v) is 7.74. The molecule has 0 aliphatic heterocycles. The number of hydrogen-bond donors (Lipinski definition) is 0. The molecule has 2 fully saturated rings. The molecule has 2 aliphatic rings. The Morgan fingerprint density at radius 2 is 1.57 bits per heavy atom. The van der Waals surface area contributed by atoms with Crippen molar-refractivity contribution in [3.8, 4) is 5.75 Å². The number of ether oxygens (including phenoxy) is 2. The molecule has 0 amide bonds. The average Bonchev–Trinajstić information content (AvgIpc) is 2.87. The predicted molar refractivity (Wildman–Crippen MR) is 133 cm³/mol. The van der Waals surface area contributed by atoms with Crippen molar-refractivity contribution in [2.75, 3.05) is 6.61 Å². The zero-order valence-electron chi connectivity index (χ0n) is 20.9. The van der Waals surface area contributed by atoms with Gasteiger partial charge in [-0.15, -0.1) is 0 Å². The molecule has 0 bridgehead atoms. The number of rotatable bonds is 8. The van der Waals surface area contributed by atoms with Crippen molar-refractivity contribution in [3.05, 3.63) is 76.6 Å². The summed E-state index contributed by atoms with van der Waals surface area (Å²) in [6, 6.07) is 8.66. The molecular formula is C30H37F3O2. The van der Waals surface area contributed by atoms with E-state index >= 15 is 0 Å². The Labute approximate surface area is 207 Å². The lowest BCUT2D eigenvalue weighted by molar-refractivity contribution is 0.0118. The first kappa shape index (κ1) is 25.8. The molecule has 2 saturated carbocycles. The van der Waals surface area contributed by atoms with E-state index in [1.54, 1.807) is 24.3 Å². The Balaban J connectivity index is 1.29. The van der Waals surface area contributed by atoms with Gasteiger partial charge in [0.2, 0.25) is 0 Å². The summed E-state index contributed by atoms with van der Waals surface area (Å²) in [5, 5.41) is 0. The molecule has 4 rings (SSSR count). The van der Waals surface area contributed by atoms with Gasteiger partial charge in [0.15, 0.2) is 23.2 Å². The lowest BCUT2D eigenvalue weighted by Gasteiger charge is -2.29. The molecule has 0 N–H and O–H groups in total. The van der Waals surface area contributed by atoms with Crippen LogP contribution in [0.1, 0.15) is 93.7 Å². The molecule has 0 radical (unpaired) electrons. The number of benzene rings is 2. The smallest absolute Gasteiger partial charge is 0.165 e. The minimum absolute atomic E-state index is 0.00262. The van der Waals surface area contributed by atoms with E-state index < -0.39 is 11.6 Å². The van der Waals surface area contributed by atoms with Crippen LogP contribution >= 0.6 is 0 Å². The van der Waals surface area contributed by atoms with Gasteiger partial charge in [0.25, 0.3) is 0 Å². The first-order valence-corrected chi connectivity index (χ1v) is 13.1. The lowest BCUT2D eigenvalue weighted by atomic mass is 9.78. The molecule has 2 aromatic carbocycles. The highest BCUT2D eigenvalue weighted by Gasteiger charge is 2.27. The maximum atomic E-state index is 14.9. The van der Waals surface area contributed by atoms with Gasteiger partial charge in [0.1, 0.15) is 0 Å². The molecular weight excluding hydrogens is 449 g/mol. The molecule has 5 heteroatoms. The maximum Gasteiger partial charge on any atom is 0.165 e. The molecule has 0 spiro atoms. The highest BCUT2D eigenvalue weighted by Crippen LogP contribution is 2.39. The first-order chi connectivity index (χ1) is 17.0. The van der Waals surface area contributed by atoms with E-state index in [9.17, 15) is 13.2 Å². The minimum atomic E-state index is -0.767. The summed E-state index contributed by atoms with van der Waals surface area (Å²) in [5.74, 6) is -0.594. The quantitative estimate of drug-likeness (QED) is 0.348. The normalized spacial score (nSPS) is 25.2. The standard InChI is InChI=1S/C30H37F3O2/c1-3-5-20-6-8-22(9-7-20)26-16-12-24(29(32)30(26)33)19-35-25-14-10-21(11-15-25)23-13-17-28(34-4-2)27(31)18-23/h3,5,12-13,16-18,20-22,25H,4,6-11,14-15,19H2,1-2H3/b5-3+. The van der Waals surface area contributed by atoms with Gasteiger partial charge in [-0.25, -0.2) is 13.2 Å². The monoisotopic (exact) mass is 486 g/mol. The van der Waals surface area contributed by atoms with Gasteiger partial charge in [-0.3, -0.25) is 0 Å². The zero-order chi connectivity index (χ0) is 24.8. The Morgan fingerprint density at radius 1 is 0.857 bits per heavy atom. The fraction of sp³-hybridized carbons (Fsp3) is 0.533.